The molecule has 1 heterocycles. The third-order valence-corrected chi connectivity index (χ3v) is 2.90. The van der Waals surface area contributed by atoms with Gasteiger partial charge in [0.1, 0.15) is 6.61 Å². The Bertz CT molecular complexity index is 515. The molecule has 19 heavy (non-hydrogen) atoms. The van der Waals surface area contributed by atoms with E-state index in [-0.39, 0.29) is 19.1 Å². The normalized spacial score (nSPS) is 10.6. The van der Waals surface area contributed by atoms with Crippen molar-refractivity contribution in [3.05, 3.63) is 29.6 Å². The highest BCUT2D eigenvalue weighted by Gasteiger charge is 2.27. The molecule has 5 heteroatoms. The van der Waals surface area contributed by atoms with Gasteiger partial charge in [-0.15, -0.1) is 0 Å². The van der Waals surface area contributed by atoms with E-state index < -0.39 is 5.54 Å². The second-order valence-corrected chi connectivity index (χ2v) is 4.76. The number of nitrogens with zero attached hydrogens (tertiary/aromatic N) is 2. The second-order valence-electron chi connectivity index (χ2n) is 4.76. The van der Waals surface area contributed by atoms with Crippen molar-refractivity contribution in [2.75, 3.05) is 20.3 Å². The number of rotatable bonds is 3. The minimum atomic E-state index is -0.649. The summed E-state index contributed by atoms with van der Waals surface area (Å²) in [5.41, 5.74) is 0.313. The monoisotopic (exact) mass is 262 g/mol. The van der Waals surface area contributed by atoms with E-state index in [0.717, 1.165) is 0 Å². The Labute approximate surface area is 112 Å². The number of carbonyl (C=O) groups excluding carboxylic acids is 1. The van der Waals surface area contributed by atoms with Crippen LogP contribution in [-0.2, 0) is 0 Å². The number of carbonyl (C=O) groups is 1. The zero-order valence-corrected chi connectivity index (χ0v) is 11.3. The Morgan fingerprint density at radius 2 is 2.11 bits per heavy atom. The van der Waals surface area contributed by atoms with Crippen LogP contribution in [0.5, 0.6) is 0 Å². The first-order valence-electron chi connectivity index (χ1n) is 5.86. The van der Waals surface area contributed by atoms with Crippen molar-refractivity contribution in [3.63, 3.8) is 0 Å². The number of aromatic nitrogens is 1. The summed E-state index contributed by atoms with van der Waals surface area (Å²) in [5, 5.41) is 17.9. The third-order valence-electron chi connectivity index (χ3n) is 2.90. The summed E-state index contributed by atoms with van der Waals surface area (Å²) in [6, 6.07) is 1.61. The molecular weight excluding hydrogens is 244 g/mol. The standard InChI is InChI=1S/C14H18N2O3/c1-14(2,10-18)16(3)13(19)12-7-11(5-4-6-17)8-15-9-12/h7-9,17-18H,6,10H2,1-3H3. The summed E-state index contributed by atoms with van der Waals surface area (Å²) < 4.78 is 0. The maximum Gasteiger partial charge on any atom is 0.255 e. The van der Waals surface area contributed by atoms with Gasteiger partial charge in [0.05, 0.1) is 17.7 Å². The maximum atomic E-state index is 12.3. The quantitative estimate of drug-likeness (QED) is 0.767. The van der Waals surface area contributed by atoms with E-state index in [4.69, 9.17) is 5.11 Å². The van der Waals surface area contributed by atoms with Crippen LogP contribution in [-0.4, -0.2) is 51.8 Å². The Morgan fingerprint density at radius 1 is 1.42 bits per heavy atom. The second kappa shape index (κ2) is 6.32. The summed E-state index contributed by atoms with van der Waals surface area (Å²) in [4.78, 5) is 17.7. The topological polar surface area (TPSA) is 73.7 Å². The lowest BCUT2D eigenvalue weighted by Gasteiger charge is -2.33. The van der Waals surface area contributed by atoms with Crippen LogP contribution in [0.15, 0.2) is 18.5 Å². The predicted octanol–water partition coefficient (Wildman–Crippen LogP) is 0.268. The fraction of sp³-hybridized carbons (Fsp3) is 0.429. The first kappa shape index (κ1) is 15.2. The number of likely N-dealkylation sites (N-methyl/N-ethyl adjacent to an activating group) is 1. The van der Waals surface area contributed by atoms with E-state index >= 15 is 0 Å². The summed E-state index contributed by atoms with van der Waals surface area (Å²) in [6.45, 7) is 3.17. The molecule has 0 unspecified atom stereocenters. The number of pyridine rings is 1. The van der Waals surface area contributed by atoms with Gasteiger partial charge in [0.2, 0.25) is 0 Å². The molecule has 102 valence electrons. The Hall–Kier alpha value is -1.90. The molecule has 0 radical (unpaired) electrons. The van der Waals surface area contributed by atoms with Gasteiger partial charge in [-0.1, -0.05) is 11.8 Å². The van der Waals surface area contributed by atoms with Crippen LogP contribution in [0.2, 0.25) is 0 Å². The molecule has 5 nitrogen and oxygen atoms in total. The minimum absolute atomic E-state index is 0.132. The molecule has 0 saturated carbocycles. The van der Waals surface area contributed by atoms with E-state index in [9.17, 15) is 9.90 Å². The van der Waals surface area contributed by atoms with Crippen molar-refractivity contribution in [2.24, 2.45) is 0 Å². The molecule has 2 N–H and O–H groups in total. The lowest BCUT2D eigenvalue weighted by atomic mass is 10.0. The third kappa shape index (κ3) is 3.78. The van der Waals surface area contributed by atoms with Crippen molar-refractivity contribution >= 4 is 5.91 Å². The van der Waals surface area contributed by atoms with Gasteiger partial charge in [-0.2, -0.15) is 0 Å². The molecule has 0 saturated heterocycles. The molecule has 0 atom stereocenters. The van der Waals surface area contributed by atoms with Gasteiger partial charge in [0.15, 0.2) is 0 Å². The molecular formula is C14H18N2O3. The fourth-order valence-electron chi connectivity index (χ4n) is 1.34. The number of aliphatic hydroxyl groups excluding tert-OH is 2. The van der Waals surface area contributed by atoms with Crippen LogP contribution in [0.25, 0.3) is 0 Å². The van der Waals surface area contributed by atoms with Gasteiger partial charge in [-0.25, -0.2) is 0 Å². The van der Waals surface area contributed by atoms with Crippen molar-refractivity contribution < 1.29 is 15.0 Å². The van der Waals surface area contributed by atoms with Crippen LogP contribution < -0.4 is 0 Å². The molecule has 0 aliphatic heterocycles. The highest BCUT2D eigenvalue weighted by Crippen LogP contribution is 2.15. The van der Waals surface area contributed by atoms with E-state index in [0.29, 0.717) is 11.1 Å². The van der Waals surface area contributed by atoms with E-state index in [1.807, 2.05) is 0 Å². The zero-order valence-electron chi connectivity index (χ0n) is 11.3. The van der Waals surface area contributed by atoms with Crippen molar-refractivity contribution in [3.8, 4) is 11.8 Å². The fourth-order valence-corrected chi connectivity index (χ4v) is 1.34. The average molecular weight is 262 g/mol. The maximum absolute atomic E-state index is 12.3. The van der Waals surface area contributed by atoms with Crippen LogP contribution in [0.4, 0.5) is 0 Å². The van der Waals surface area contributed by atoms with E-state index in [1.165, 1.54) is 17.3 Å². The van der Waals surface area contributed by atoms with Gasteiger partial charge in [0.25, 0.3) is 5.91 Å². The molecule has 0 aliphatic carbocycles. The Kier molecular flexibility index (Phi) is 5.04. The van der Waals surface area contributed by atoms with Gasteiger partial charge < -0.3 is 15.1 Å². The SMILES string of the molecule is CN(C(=O)c1cncc(C#CCO)c1)C(C)(C)CO. The van der Waals surface area contributed by atoms with E-state index in [1.54, 1.807) is 27.0 Å². The van der Waals surface area contributed by atoms with Gasteiger partial charge in [-0.3, -0.25) is 9.78 Å². The lowest BCUT2D eigenvalue weighted by Crippen LogP contribution is -2.47. The Balaban J connectivity index is 3.00. The van der Waals surface area contributed by atoms with E-state index in [2.05, 4.69) is 16.8 Å². The number of aliphatic hydroxyl groups is 2. The molecule has 0 aromatic carbocycles. The predicted molar refractivity (Wildman–Crippen MR) is 71.5 cm³/mol. The first-order chi connectivity index (χ1) is 8.92. The summed E-state index contributed by atoms with van der Waals surface area (Å²) in [7, 11) is 1.63. The summed E-state index contributed by atoms with van der Waals surface area (Å²) in [6.07, 6.45) is 2.98. The van der Waals surface area contributed by atoms with Crippen molar-refractivity contribution in [2.45, 2.75) is 19.4 Å². The highest BCUT2D eigenvalue weighted by molar-refractivity contribution is 5.94. The molecule has 1 aromatic rings. The van der Waals surface area contributed by atoms with Gasteiger partial charge in [0, 0.05) is 25.0 Å². The smallest absolute Gasteiger partial charge is 0.255 e. The molecule has 1 aromatic heterocycles. The number of hydrogen-bond donors (Lipinski definition) is 2. The van der Waals surface area contributed by atoms with Crippen LogP contribution in [0.1, 0.15) is 29.8 Å². The van der Waals surface area contributed by atoms with Crippen LogP contribution in [0.3, 0.4) is 0 Å². The Morgan fingerprint density at radius 3 is 2.68 bits per heavy atom. The molecule has 1 rings (SSSR count). The van der Waals surface area contributed by atoms with Crippen LogP contribution in [0, 0.1) is 11.8 Å². The number of hydrogen-bond acceptors (Lipinski definition) is 4. The highest BCUT2D eigenvalue weighted by atomic mass is 16.3. The first-order valence-corrected chi connectivity index (χ1v) is 5.86. The number of amides is 1. The van der Waals surface area contributed by atoms with Gasteiger partial charge >= 0.3 is 0 Å². The minimum Gasteiger partial charge on any atom is -0.394 e. The molecule has 0 fully saturated rings. The molecule has 1 amide bonds. The molecule has 0 bridgehead atoms. The van der Waals surface area contributed by atoms with Crippen molar-refractivity contribution in [1.29, 1.82) is 0 Å². The zero-order chi connectivity index (χ0) is 14.5. The van der Waals surface area contributed by atoms with Gasteiger partial charge in [-0.05, 0) is 19.9 Å². The average Bonchev–Trinajstić information content (AvgIpc) is 2.43. The largest absolute Gasteiger partial charge is 0.394 e. The van der Waals surface area contributed by atoms with Crippen LogP contribution >= 0.6 is 0 Å². The summed E-state index contributed by atoms with van der Waals surface area (Å²) >= 11 is 0. The molecule has 0 aliphatic rings. The summed E-state index contributed by atoms with van der Waals surface area (Å²) in [5.74, 6) is 4.96. The lowest BCUT2D eigenvalue weighted by molar-refractivity contribution is 0.0473. The van der Waals surface area contributed by atoms with Crippen molar-refractivity contribution in [1.82, 2.24) is 9.88 Å². The molecule has 0 spiro atoms.